The molecular formula is C23H24N6O2. The molecule has 0 fully saturated rings. The van der Waals surface area contributed by atoms with Crippen LogP contribution >= 0.6 is 0 Å². The fourth-order valence-electron chi connectivity index (χ4n) is 3.51. The largest absolute Gasteiger partial charge is 0.494 e. The van der Waals surface area contributed by atoms with E-state index < -0.39 is 0 Å². The summed E-state index contributed by atoms with van der Waals surface area (Å²) in [6.45, 7) is 0.264. The van der Waals surface area contributed by atoms with Crippen molar-refractivity contribution in [2.24, 2.45) is 7.05 Å². The Bertz CT molecular complexity index is 1230. The van der Waals surface area contributed by atoms with Crippen molar-refractivity contribution in [3.05, 3.63) is 55.0 Å². The van der Waals surface area contributed by atoms with Gasteiger partial charge in [0.1, 0.15) is 17.8 Å². The van der Waals surface area contributed by atoms with Crippen LogP contribution in [0.4, 0.5) is 5.69 Å². The van der Waals surface area contributed by atoms with E-state index in [9.17, 15) is 4.79 Å². The number of aryl methyl sites for hydroxylation is 1. The molecule has 1 N–H and O–H groups in total. The van der Waals surface area contributed by atoms with Crippen molar-refractivity contribution in [2.45, 2.75) is 0 Å². The van der Waals surface area contributed by atoms with Crippen LogP contribution in [-0.2, 0) is 11.8 Å². The highest BCUT2D eigenvalue weighted by Gasteiger charge is 2.18. The van der Waals surface area contributed by atoms with Crippen molar-refractivity contribution >= 4 is 22.5 Å². The third-order valence-corrected chi connectivity index (χ3v) is 4.82. The highest BCUT2D eigenvalue weighted by molar-refractivity contribution is 6.02. The molecule has 0 unspecified atom stereocenters. The normalized spacial score (nSPS) is 11.1. The van der Waals surface area contributed by atoms with Crippen molar-refractivity contribution in [1.82, 2.24) is 24.6 Å². The first kappa shape index (κ1) is 20.5. The maximum Gasteiger partial charge on any atom is 0.238 e. The van der Waals surface area contributed by atoms with Gasteiger partial charge in [0, 0.05) is 35.8 Å². The minimum atomic E-state index is -0.132. The summed E-state index contributed by atoms with van der Waals surface area (Å²) in [7, 11) is 7.14. The Morgan fingerprint density at radius 3 is 2.61 bits per heavy atom. The lowest BCUT2D eigenvalue weighted by atomic mass is 10.0. The summed E-state index contributed by atoms with van der Waals surface area (Å²) in [5.74, 6) is 0.408. The molecule has 0 aliphatic carbocycles. The molecular weight excluding hydrogens is 392 g/mol. The Hall–Kier alpha value is -3.78. The van der Waals surface area contributed by atoms with Gasteiger partial charge in [0.2, 0.25) is 5.91 Å². The van der Waals surface area contributed by atoms with Crippen LogP contribution in [0, 0.1) is 0 Å². The standard InChI is InChI=1S/C23H24N6O2/c1-28(2)13-21(30)26-19-10-16-18(11-20(19)31-4)24-14-25-23(16)17-12-29(3)27-22(17)15-8-6-5-7-9-15/h5-12,14H,13H2,1-4H3,(H,26,30). The molecule has 0 spiro atoms. The maximum atomic E-state index is 12.4. The summed E-state index contributed by atoms with van der Waals surface area (Å²) in [6, 6.07) is 13.6. The number of hydrogen-bond acceptors (Lipinski definition) is 6. The van der Waals surface area contributed by atoms with Crippen LogP contribution < -0.4 is 10.1 Å². The number of hydrogen-bond donors (Lipinski definition) is 1. The lowest BCUT2D eigenvalue weighted by molar-refractivity contribution is -0.116. The van der Waals surface area contributed by atoms with E-state index in [0.717, 1.165) is 33.4 Å². The van der Waals surface area contributed by atoms with E-state index in [-0.39, 0.29) is 12.5 Å². The number of likely N-dealkylation sites (N-methyl/N-ethyl adjacent to an activating group) is 1. The highest BCUT2D eigenvalue weighted by Crippen LogP contribution is 2.37. The Morgan fingerprint density at radius 1 is 1.13 bits per heavy atom. The van der Waals surface area contributed by atoms with E-state index in [4.69, 9.17) is 4.74 Å². The van der Waals surface area contributed by atoms with Crippen molar-refractivity contribution < 1.29 is 9.53 Å². The van der Waals surface area contributed by atoms with Crippen LogP contribution in [0.3, 0.4) is 0 Å². The van der Waals surface area contributed by atoms with Gasteiger partial charge >= 0.3 is 0 Å². The SMILES string of the molecule is COc1cc2ncnc(-c3cn(C)nc3-c3ccccc3)c2cc1NC(=O)CN(C)C. The predicted molar refractivity (Wildman–Crippen MR) is 121 cm³/mol. The molecule has 0 aliphatic heterocycles. The second-order valence-electron chi connectivity index (χ2n) is 7.51. The number of aromatic nitrogens is 4. The molecule has 4 rings (SSSR count). The van der Waals surface area contributed by atoms with Gasteiger partial charge in [-0.05, 0) is 20.2 Å². The van der Waals surface area contributed by atoms with Crippen LogP contribution in [0.2, 0.25) is 0 Å². The fraction of sp³-hybridized carbons (Fsp3) is 0.217. The van der Waals surface area contributed by atoms with Gasteiger partial charge in [-0.3, -0.25) is 9.48 Å². The number of methoxy groups -OCH3 is 1. The molecule has 0 bridgehead atoms. The third kappa shape index (κ3) is 4.24. The van der Waals surface area contributed by atoms with Crippen LogP contribution in [-0.4, -0.2) is 58.3 Å². The third-order valence-electron chi connectivity index (χ3n) is 4.82. The molecule has 0 saturated carbocycles. The van der Waals surface area contributed by atoms with Crippen LogP contribution in [0.15, 0.2) is 55.0 Å². The topological polar surface area (TPSA) is 85.2 Å². The number of carbonyl (C=O) groups excluding carboxylic acids is 1. The smallest absolute Gasteiger partial charge is 0.238 e. The maximum absolute atomic E-state index is 12.4. The first-order valence-electron chi connectivity index (χ1n) is 9.83. The van der Waals surface area contributed by atoms with Crippen molar-refractivity contribution in [3.63, 3.8) is 0 Å². The Labute approximate surface area is 180 Å². The lowest BCUT2D eigenvalue weighted by Crippen LogP contribution is -2.27. The minimum absolute atomic E-state index is 0.132. The van der Waals surface area contributed by atoms with Gasteiger partial charge in [-0.1, -0.05) is 30.3 Å². The summed E-state index contributed by atoms with van der Waals surface area (Å²) in [5.41, 5.74) is 4.74. The minimum Gasteiger partial charge on any atom is -0.494 e. The van der Waals surface area contributed by atoms with Crippen molar-refractivity contribution in [1.29, 1.82) is 0 Å². The molecule has 31 heavy (non-hydrogen) atoms. The number of carbonyl (C=O) groups is 1. The summed E-state index contributed by atoms with van der Waals surface area (Å²) in [4.78, 5) is 23.2. The molecule has 158 valence electrons. The van der Waals surface area contributed by atoms with E-state index in [2.05, 4.69) is 20.4 Å². The van der Waals surface area contributed by atoms with Gasteiger partial charge in [0.25, 0.3) is 0 Å². The molecule has 8 nitrogen and oxygen atoms in total. The monoisotopic (exact) mass is 416 g/mol. The van der Waals surface area contributed by atoms with Gasteiger partial charge < -0.3 is 15.0 Å². The molecule has 8 heteroatoms. The summed E-state index contributed by atoms with van der Waals surface area (Å²) < 4.78 is 7.27. The molecule has 4 aromatic rings. The average molecular weight is 416 g/mol. The number of nitrogens with one attached hydrogen (secondary N) is 1. The van der Waals surface area contributed by atoms with E-state index in [1.807, 2.05) is 69.8 Å². The molecule has 1 amide bonds. The van der Waals surface area contributed by atoms with Crippen molar-refractivity contribution in [2.75, 3.05) is 33.1 Å². The molecule has 2 heterocycles. The first-order valence-corrected chi connectivity index (χ1v) is 9.83. The van der Waals surface area contributed by atoms with Gasteiger partial charge in [0.05, 0.1) is 30.6 Å². The van der Waals surface area contributed by atoms with E-state index in [0.29, 0.717) is 11.4 Å². The lowest BCUT2D eigenvalue weighted by Gasteiger charge is -2.14. The number of benzene rings is 2. The van der Waals surface area contributed by atoms with E-state index in [1.54, 1.807) is 16.7 Å². The number of rotatable bonds is 6. The molecule has 0 atom stereocenters. The van der Waals surface area contributed by atoms with Gasteiger partial charge in [-0.2, -0.15) is 5.10 Å². The Balaban J connectivity index is 1.87. The number of fused-ring (bicyclic) bond motifs is 1. The number of ether oxygens (including phenoxy) is 1. The predicted octanol–water partition coefficient (Wildman–Crippen LogP) is 3.21. The Kier molecular flexibility index (Phi) is 5.64. The average Bonchev–Trinajstić information content (AvgIpc) is 3.14. The summed E-state index contributed by atoms with van der Waals surface area (Å²) >= 11 is 0. The van der Waals surface area contributed by atoms with Gasteiger partial charge in [0.15, 0.2) is 0 Å². The molecule has 0 aliphatic rings. The molecule has 0 radical (unpaired) electrons. The van der Waals surface area contributed by atoms with Gasteiger partial charge in [-0.25, -0.2) is 9.97 Å². The zero-order valence-corrected chi connectivity index (χ0v) is 18.0. The quantitative estimate of drug-likeness (QED) is 0.520. The zero-order chi connectivity index (χ0) is 22.0. The molecule has 2 aromatic heterocycles. The second kappa shape index (κ2) is 8.53. The first-order chi connectivity index (χ1) is 15.0. The fourth-order valence-corrected chi connectivity index (χ4v) is 3.51. The van der Waals surface area contributed by atoms with Crippen molar-refractivity contribution in [3.8, 4) is 28.3 Å². The van der Waals surface area contributed by atoms with E-state index in [1.165, 1.54) is 6.33 Å². The number of anilines is 1. The summed E-state index contributed by atoms with van der Waals surface area (Å²) in [5, 5.41) is 8.39. The summed E-state index contributed by atoms with van der Waals surface area (Å²) in [6.07, 6.45) is 3.47. The van der Waals surface area contributed by atoms with E-state index >= 15 is 0 Å². The molecule has 0 saturated heterocycles. The highest BCUT2D eigenvalue weighted by atomic mass is 16.5. The van der Waals surface area contributed by atoms with Crippen LogP contribution in [0.25, 0.3) is 33.4 Å². The van der Waals surface area contributed by atoms with Crippen LogP contribution in [0.1, 0.15) is 0 Å². The van der Waals surface area contributed by atoms with Gasteiger partial charge in [-0.15, -0.1) is 0 Å². The molecule has 2 aromatic carbocycles. The van der Waals surface area contributed by atoms with Crippen LogP contribution in [0.5, 0.6) is 5.75 Å². The Morgan fingerprint density at radius 2 is 1.90 bits per heavy atom. The second-order valence-corrected chi connectivity index (χ2v) is 7.51. The number of amides is 1. The number of nitrogens with zero attached hydrogens (tertiary/aromatic N) is 5. The zero-order valence-electron chi connectivity index (χ0n) is 18.0.